The highest BCUT2D eigenvalue weighted by Crippen LogP contribution is 2.25. The molecule has 1 aromatic carbocycles. The molecule has 7 nitrogen and oxygen atoms in total. The maximum atomic E-state index is 14.2. The van der Waals surface area contributed by atoms with Gasteiger partial charge in [-0.25, -0.2) is 4.79 Å². The van der Waals surface area contributed by atoms with Gasteiger partial charge in [0.15, 0.2) is 0 Å². The Bertz CT molecular complexity index is 861. The Hall–Kier alpha value is -2.57. The van der Waals surface area contributed by atoms with Gasteiger partial charge in [-0.3, -0.25) is 9.59 Å². The fourth-order valence-corrected chi connectivity index (χ4v) is 4.50. The van der Waals surface area contributed by atoms with Gasteiger partial charge in [-0.15, -0.1) is 0 Å². The summed E-state index contributed by atoms with van der Waals surface area (Å²) < 4.78 is 5.49. The molecule has 0 aliphatic rings. The van der Waals surface area contributed by atoms with E-state index in [9.17, 15) is 14.4 Å². The van der Waals surface area contributed by atoms with E-state index in [2.05, 4.69) is 24.5 Å². The summed E-state index contributed by atoms with van der Waals surface area (Å²) in [5.41, 5.74) is 1.18. The SMILES string of the molecule is CCCCCCCN(C(=O)C(CC(C)C)NC(=O)OC(C)(C)C)C(C(=O)NCCCCC)c1ccc(C)cc1. The van der Waals surface area contributed by atoms with Crippen molar-refractivity contribution in [1.82, 2.24) is 15.5 Å². The average Bonchev–Trinajstić information content (AvgIpc) is 2.84. The smallest absolute Gasteiger partial charge is 0.408 e. The van der Waals surface area contributed by atoms with Crippen molar-refractivity contribution in [2.45, 2.75) is 131 Å². The fourth-order valence-electron chi connectivity index (χ4n) is 4.50. The first-order valence-corrected chi connectivity index (χ1v) is 15.0. The molecule has 0 fully saturated rings. The second-order valence-electron chi connectivity index (χ2n) is 12.1. The number of aryl methyl sites for hydroxylation is 1. The molecule has 1 aromatic rings. The zero-order valence-electron chi connectivity index (χ0n) is 25.9. The predicted molar refractivity (Wildman–Crippen MR) is 160 cm³/mol. The van der Waals surface area contributed by atoms with Crippen LogP contribution in [0, 0.1) is 12.8 Å². The molecule has 1 rings (SSSR count). The molecule has 0 aromatic heterocycles. The standard InChI is InChI=1S/C32H55N3O4/c1-9-11-13-14-16-22-35(30(37)27(23-24(3)4)34-31(38)39-32(6,7)8)28(26-19-17-25(5)18-20-26)29(36)33-21-15-12-10-2/h17-20,24,27-28H,9-16,21-23H2,1-8H3,(H,33,36)(H,34,38). The summed E-state index contributed by atoms with van der Waals surface area (Å²) in [5, 5.41) is 5.91. The minimum absolute atomic E-state index is 0.154. The lowest BCUT2D eigenvalue weighted by Crippen LogP contribution is -2.53. The molecule has 0 aliphatic heterocycles. The lowest BCUT2D eigenvalue weighted by molar-refractivity contribution is -0.143. The molecule has 3 amide bonds. The number of rotatable bonds is 17. The highest BCUT2D eigenvalue weighted by molar-refractivity contribution is 5.92. The maximum Gasteiger partial charge on any atom is 0.408 e. The molecule has 2 atom stereocenters. The fraction of sp³-hybridized carbons (Fsp3) is 0.719. The van der Waals surface area contributed by atoms with Crippen LogP contribution in [0.5, 0.6) is 0 Å². The molecule has 7 heteroatoms. The molecule has 2 N–H and O–H groups in total. The third kappa shape index (κ3) is 13.9. The van der Waals surface area contributed by atoms with Crippen LogP contribution in [0.1, 0.15) is 123 Å². The largest absolute Gasteiger partial charge is 0.444 e. The van der Waals surface area contributed by atoms with Crippen molar-refractivity contribution in [3.8, 4) is 0 Å². The van der Waals surface area contributed by atoms with Crippen molar-refractivity contribution in [1.29, 1.82) is 0 Å². The van der Waals surface area contributed by atoms with Gasteiger partial charge in [0, 0.05) is 13.1 Å². The summed E-state index contributed by atoms with van der Waals surface area (Å²) in [7, 11) is 0. The van der Waals surface area contributed by atoms with E-state index in [1.807, 2.05) is 45.0 Å². The predicted octanol–water partition coefficient (Wildman–Crippen LogP) is 7.08. The number of nitrogens with zero attached hydrogens (tertiary/aromatic N) is 1. The highest BCUT2D eigenvalue weighted by Gasteiger charge is 2.36. The molecule has 0 spiro atoms. The van der Waals surface area contributed by atoms with Crippen molar-refractivity contribution < 1.29 is 19.1 Å². The Kier molecular flexibility index (Phi) is 15.8. The molecule has 39 heavy (non-hydrogen) atoms. The molecule has 0 bridgehead atoms. The lowest BCUT2D eigenvalue weighted by atomic mass is 9.98. The molecule has 2 unspecified atom stereocenters. The highest BCUT2D eigenvalue weighted by atomic mass is 16.6. The molecule has 0 saturated carbocycles. The number of nitrogens with one attached hydrogen (secondary N) is 2. The first-order valence-electron chi connectivity index (χ1n) is 15.0. The second-order valence-corrected chi connectivity index (χ2v) is 12.1. The summed E-state index contributed by atoms with van der Waals surface area (Å²) in [4.78, 5) is 42.4. The number of carbonyl (C=O) groups excluding carboxylic acids is 3. The molecular formula is C32H55N3O4. The first kappa shape index (κ1) is 34.5. The van der Waals surface area contributed by atoms with E-state index < -0.39 is 23.8 Å². The minimum Gasteiger partial charge on any atom is -0.444 e. The van der Waals surface area contributed by atoms with Gasteiger partial charge in [-0.05, 0) is 58.4 Å². The molecular weight excluding hydrogens is 490 g/mol. The summed E-state index contributed by atoms with van der Waals surface area (Å²) in [5.74, 6) is -0.280. The lowest BCUT2D eigenvalue weighted by Gasteiger charge is -2.35. The van der Waals surface area contributed by atoms with Gasteiger partial charge in [0.25, 0.3) is 0 Å². The number of ether oxygens (including phenoxy) is 1. The van der Waals surface area contributed by atoms with Gasteiger partial charge in [0.05, 0.1) is 0 Å². The Morgan fingerprint density at radius 3 is 2.05 bits per heavy atom. The molecule has 0 radical (unpaired) electrons. The molecule has 0 aliphatic carbocycles. The summed E-state index contributed by atoms with van der Waals surface area (Å²) in [6.45, 7) is 16.7. The summed E-state index contributed by atoms with van der Waals surface area (Å²) in [6, 6.07) is 6.24. The van der Waals surface area contributed by atoms with E-state index in [-0.39, 0.29) is 17.7 Å². The van der Waals surface area contributed by atoms with Crippen LogP contribution in [0.2, 0.25) is 0 Å². The van der Waals surface area contributed by atoms with Crippen LogP contribution >= 0.6 is 0 Å². The van der Waals surface area contributed by atoms with Crippen LogP contribution in [0.25, 0.3) is 0 Å². The topological polar surface area (TPSA) is 87.7 Å². The average molecular weight is 546 g/mol. The summed E-state index contributed by atoms with van der Waals surface area (Å²) in [6.07, 6.45) is 7.94. The van der Waals surface area contributed by atoms with E-state index in [1.54, 1.807) is 25.7 Å². The Labute approximate surface area is 237 Å². The van der Waals surface area contributed by atoms with Gasteiger partial charge in [0.2, 0.25) is 11.8 Å². The van der Waals surface area contributed by atoms with Crippen LogP contribution in [0.15, 0.2) is 24.3 Å². The van der Waals surface area contributed by atoms with Crippen molar-refractivity contribution >= 4 is 17.9 Å². The van der Waals surface area contributed by atoms with Crippen LogP contribution in [-0.4, -0.2) is 47.5 Å². The van der Waals surface area contributed by atoms with Crippen molar-refractivity contribution in [3.63, 3.8) is 0 Å². The number of unbranched alkanes of at least 4 members (excludes halogenated alkanes) is 6. The minimum atomic E-state index is -0.795. The van der Waals surface area contributed by atoms with Crippen LogP contribution in [0.3, 0.4) is 0 Å². The Morgan fingerprint density at radius 2 is 1.49 bits per heavy atom. The summed E-state index contributed by atoms with van der Waals surface area (Å²) >= 11 is 0. The Morgan fingerprint density at radius 1 is 0.897 bits per heavy atom. The molecule has 0 heterocycles. The van der Waals surface area contributed by atoms with Gasteiger partial charge < -0.3 is 20.3 Å². The Balaban J connectivity index is 3.40. The third-order valence-electron chi connectivity index (χ3n) is 6.51. The normalized spacial score (nSPS) is 13.1. The van der Waals surface area contributed by atoms with Crippen molar-refractivity contribution in [2.75, 3.05) is 13.1 Å². The number of alkyl carbamates (subject to hydrolysis) is 1. The van der Waals surface area contributed by atoms with Crippen LogP contribution in [0.4, 0.5) is 4.79 Å². The van der Waals surface area contributed by atoms with Crippen molar-refractivity contribution in [3.05, 3.63) is 35.4 Å². The van der Waals surface area contributed by atoms with Crippen molar-refractivity contribution in [2.24, 2.45) is 5.92 Å². The zero-order valence-corrected chi connectivity index (χ0v) is 25.9. The van der Waals surface area contributed by atoms with E-state index in [4.69, 9.17) is 4.74 Å². The van der Waals surface area contributed by atoms with Gasteiger partial charge in [-0.2, -0.15) is 0 Å². The number of hydrogen-bond donors (Lipinski definition) is 2. The van der Waals surface area contributed by atoms with E-state index >= 15 is 0 Å². The number of benzene rings is 1. The van der Waals surface area contributed by atoms with E-state index in [0.29, 0.717) is 19.5 Å². The van der Waals surface area contributed by atoms with Crippen LogP contribution < -0.4 is 10.6 Å². The van der Waals surface area contributed by atoms with Gasteiger partial charge in [0.1, 0.15) is 17.7 Å². The maximum absolute atomic E-state index is 14.2. The zero-order chi connectivity index (χ0) is 29.4. The van der Waals surface area contributed by atoms with Gasteiger partial charge in [-0.1, -0.05) is 96.0 Å². The number of hydrogen-bond acceptors (Lipinski definition) is 4. The molecule has 222 valence electrons. The quantitative estimate of drug-likeness (QED) is 0.205. The van der Waals surface area contributed by atoms with E-state index in [0.717, 1.165) is 62.5 Å². The van der Waals surface area contributed by atoms with Gasteiger partial charge >= 0.3 is 6.09 Å². The number of amides is 3. The first-order chi connectivity index (χ1) is 18.4. The molecule has 0 saturated heterocycles. The second kappa shape index (κ2) is 17.9. The number of carbonyl (C=O) groups is 3. The third-order valence-corrected chi connectivity index (χ3v) is 6.51. The monoisotopic (exact) mass is 545 g/mol. The van der Waals surface area contributed by atoms with Crippen LogP contribution in [-0.2, 0) is 14.3 Å². The van der Waals surface area contributed by atoms with E-state index in [1.165, 1.54) is 0 Å².